The summed E-state index contributed by atoms with van der Waals surface area (Å²) in [6, 6.07) is 4.03. The summed E-state index contributed by atoms with van der Waals surface area (Å²) >= 11 is 11.2. The summed E-state index contributed by atoms with van der Waals surface area (Å²) in [5.41, 5.74) is 0. The van der Waals surface area contributed by atoms with Gasteiger partial charge < -0.3 is 9.99 Å². The molecule has 0 unspecified atom stereocenters. The molecule has 0 aliphatic heterocycles. The van der Waals surface area contributed by atoms with Gasteiger partial charge in [-0.15, -0.1) is 0 Å². The van der Waals surface area contributed by atoms with E-state index in [4.69, 9.17) is 37.7 Å². The molecule has 0 aromatic heterocycles. The molecule has 1 rings (SSSR count). The van der Waals surface area contributed by atoms with Gasteiger partial charge in [-0.1, -0.05) is 23.2 Å². The Kier molecular flexibility index (Phi) is 16.7. The van der Waals surface area contributed by atoms with Crippen LogP contribution in [0.5, 0.6) is 5.75 Å². The summed E-state index contributed by atoms with van der Waals surface area (Å²) in [6.07, 6.45) is 3.28. The molecular formula is C10H14Cl2CuO8S2. The van der Waals surface area contributed by atoms with Gasteiger partial charge in [0.15, 0.2) is 5.75 Å². The van der Waals surface area contributed by atoms with E-state index < -0.39 is 27.2 Å². The normalized spacial score (nSPS) is 9.52. The SMILES string of the molecule is CC(=O)O.CS(C)=O.O=S(=O)(O)OOc1ccc(Cl)cc1Cl.[Cu]. The first-order chi connectivity index (χ1) is 9.85. The Morgan fingerprint density at radius 2 is 1.65 bits per heavy atom. The molecule has 0 aliphatic carbocycles. The Labute approximate surface area is 156 Å². The monoisotopic (exact) mass is 459 g/mol. The average molecular weight is 461 g/mol. The first-order valence-corrected chi connectivity index (χ1v) is 9.17. The maximum atomic E-state index is 10.1. The predicted octanol–water partition coefficient (Wildman–Crippen LogP) is 2.19. The van der Waals surface area contributed by atoms with E-state index in [0.717, 1.165) is 6.92 Å². The Balaban J connectivity index is -0.000000374. The molecule has 0 bridgehead atoms. The van der Waals surface area contributed by atoms with Crippen LogP contribution in [0.3, 0.4) is 0 Å². The minimum atomic E-state index is -4.66. The molecule has 2 N–H and O–H groups in total. The van der Waals surface area contributed by atoms with Crippen LogP contribution < -0.4 is 4.89 Å². The van der Waals surface area contributed by atoms with E-state index in [9.17, 15) is 12.6 Å². The molecule has 0 saturated carbocycles. The third kappa shape index (κ3) is 24.0. The number of hydrogen-bond acceptors (Lipinski definition) is 6. The van der Waals surface area contributed by atoms with Crippen molar-refractivity contribution >= 4 is 50.4 Å². The molecule has 0 spiro atoms. The molecule has 0 atom stereocenters. The van der Waals surface area contributed by atoms with Crippen molar-refractivity contribution in [1.29, 1.82) is 0 Å². The summed E-state index contributed by atoms with van der Waals surface area (Å²) in [6.45, 7) is 1.08. The standard InChI is InChI=1S/C6H4Cl2O5S.C2H4O2.C2H6OS.Cu/c7-4-1-2-6(5(8)3-4)12-13-14(9,10)11;1-2(3)4;1-4(2)3;/h1-3H,(H,9,10,11);1H3,(H,3,4);1-2H3;. The first kappa shape index (κ1) is 27.5. The average Bonchev–Trinajstić information content (AvgIpc) is 2.24. The van der Waals surface area contributed by atoms with Gasteiger partial charge in [0.2, 0.25) is 0 Å². The molecule has 139 valence electrons. The van der Waals surface area contributed by atoms with E-state index >= 15 is 0 Å². The summed E-state index contributed by atoms with van der Waals surface area (Å²) in [7, 11) is -5.27. The van der Waals surface area contributed by atoms with Crippen LogP contribution in [0.15, 0.2) is 18.2 Å². The number of rotatable bonds is 3. The van der Waals surface area contributed by atoms with Crippen molar-refractivity contribution in [3.63, 3.8) is 0 Å². The summed E-state index contributed by atoms with van der Waals surface area (Å²) in [5.74, 6) is -0.909. The van der Waals surface area contributed by atoms with Gasteiger partial charge in [0.1, 0.15) is 0 Å². The third-order valence-corrected chi connectivity index (χ3v) is 1.87. The van der Waals surface area contributed by atoms with E-state index in [2.05, 4.69) is 9.22 Å². The van der Waals surface area contributed by atoms with Crippen molar-refractivity contribution in [2.75, 3.05) is 12.5 Å². The molecule has 0 fully saturated rings. The van der Waals surface area contributed by atoms with E-state index in [-0.39, 0.29) is 27.8 Å². The van der Waals surface area contributed by atoms with Gasteiger partial charge in [0, 0.05) is 52.3 Å². The van der Waals surface area contributed by atoms with Crippen LogP contribution in [-0.2, 0) is 47.4 Å². The summed E-state index contributed by atoms with van der Waals surface area (Å²) in [5, 5.41) is 7.83. The van der Waals surface area contributed by atoms with E-state index in [1.165, 1.54) is 18.2 Å². The quantitative estimate of drug-likeness (QED) is 0.304. The number of carboxylic acids is 1. The maximum absolute atomic E-state index is 10.1. The number of benzene rings is 1. The topological polar surface area (TPSA) is 127 Å². The molecule has 1 aromatic rings. The van der Waals surface area contributed by atoms with Crippen molar-refractivity contribution in [3.05, 3.63) is 28.2 Å². The summed E-state index contributed by atoms with van der Waals surface area (Å²) < 4.78 is 41.6. The molecule has 23 heavy (non-hydrogen) atoms. The Morgan fingerprint density at radius 1 is 1.26 bits per heavy atom. The molecule has 0 saturated heterocycles. The van der Waals surface area contributed by atoms with Gasteiger partial charge in [0.05, 0.1) is 5.02 Å². The van der Waals surface area contributed by atoms with E-state index in [1.807, 2.05) is 0 Å². The van der Waals surface area contributed by atoms with Crippen LogP contribution >= 0.6 is 23.2 Å². The van der Waals surface area contributed by atoms with Crippen LogP contribution in [0, 0.1) is 0 Å². The largest absolute Gasteiger partial charge is 0.481 e. The first-order valence-electron chi connectivity index (χ1n) is 5.08. The van der Waals surface area contributed by atoms with Crippen molar-refractivity contribution in [1.82, 2.24) is 0 Å². The Bertz CT molecular complexity index is 589. The fraction of sp³-hybridized carbons (Fsp3) is 0.300. The second-order valence-electron chi connectivity index (χ2n) is 3.41. The molecule has 8 nitrogen and oxygen atoms in total. The van der Waals surface area contributed by atoms with Crippen molar-refractivity contribution in [2.45, 2.75) is 6.92 Å². The number of carboxylic acid groups (broad SMARTS) is 1. The number of halogens is 2. The molecule has 1 radical (unpaired) electrons. The second kappa shape index (κ2) is 14.0. The fourth-order valence-corrected chi connectivity index (χ4v) is 1.22. The zero-order chi connectivity index (χ0) is 17.9. The van der Waals surface area contributed by atoms with Crippen molar-refractivity contribution < 1.29 is 53.4 Å². The molecule has 0 amide bonds. The number of carbonyl (C=O) groups is 1. The number of aliphatic carboxylic acids is 1. The van der Waals surface area contributed by atoms with Gasteiger partial charge in [-0.05, 0) is 22.5 Å². The van der Waals surface area contributed by atoms with Gasteiger partial charge in [0.25, 0.3) is 5.97 Å². The Hall–Kier alpha value is -0.391. The van der Waals surface area contributed by atoms with Crippen LogP contribution in [0.2, 0.25) is 10.0 Å². The van der Waals surface area contributed by atoms with Gasteiger partial charge in [-0.25, -0.2) is 0 Å². The van der Waals surface area contributed by atoms with Gasteiger partial charge in [-0.3, -0.25) is 13.6 Å². The molecule has 1 aromatic carbocycles. The third-order valence-electron chi connectivity index (χ3n) is 1.10. The zero-order valence-corrected chi connectivity index (χ0v) is 16.0. The van der Waals surface area contributed by atoms with Crippen molar-refractivity contribution in [2.24, 2.45) is 0 Å². The molecule has 0 aliphatic rings. The molecular weight excluding hydrogens is 447 g/mol. The minimum Gasteiger partial charge on any atom is -0.481 e. The van der Waals surface area contributed by atoms with Gasteiger partial charge in [-0.2, -0.15) is 8.42 Å². The van der Waals surface area contributed by atoms with Crippen molar-refractivity contribution in [3.8, 4) is 5.75 Å². The summed E-state index contributed by atoms with van der Waals surface area (Å²) in [4.78, 5) is 13.2. The van der Waals surface area contributed by atoms with Crippen LogP contribution in [0.1, 0.15) is 6.92 Å². The predicted molar refractivity (Wildman–Crippen MR) is 83.0 cm³/mol. The van der Waals surface area contributed by atoms with Crippen LogP contribution in [0.25, 0.3) is 0 Å². The zero-order valence-electron chi connectivity index (χ0n) is 11.9. The van der Waals surface area contributed by atoms with E-state index in [0.29, 0.717) is 5.02 Å². The van der Waals surface area contributed by atoms with Crippen LogP contribution in [0.4, 0.5) is 0 Å². The fourth-order valence-electron chi connectivity index (χ4n) is 0.622. The minimum absolute atomic E-state index is 0. The second-order valence-corrected chi connectivity index (χ2v) is 6.73. The number of hydrogen-bond donors (Lipinski definition) is 2. The molecule has 0 heterocycles. The smallest absolute Gasteiger partial charge is 0.432 e. The van der Waals surface area contributed by atoms with Crippen LogP contribution in [-0.4, -0.2) is 40.8 Å². The Morgan fingerprint density at radius 3 is 1.96 bits per heavy atom. The maximum Gasteiger partial charge on any atom is 0.432 e. The molecule has 13 heteroatoms. The van der Waals surface area contributed by atoms with E-state index in [1.54, 1.807) is 12.5 Å². The van der Waals surface area contributed by atoms with Gasteiger partial charge >= 0.3 is 10.4 Å².